The van der Waals surface area contributed by atoms with E-state index in [2.05, 4.69) is 15.6 Å². The number of halogens is 4. The SMILES string of the molecule is CCNC(=NCC(O)c1cccc(C)c1)NC1CCN(S(=O)(=O)C(F)(F)F)CC1.I. The summed E-state index contributed by atoms with van der Waals surface area (Å²) >= 11 is 0. The van der Waals surface area contributed by atoms with Crippen LogP contribution >= 0.6 is 24.0 Å². The molecule has 0 spiro atoms. The molecule has 1 aliphatic rings. The molecule has 2 rings (SSSR count). The van der Waals surface area contributed by atoms with Gasteiger partial charge in [0.25, 0.3) is 0 Å². The van der Waals surface area contributed by atoms with E-state index < -0.39 is 21.6 Å². The van der Waals surface area contributed by atoms with E-state index in [1.165, 1.54) is 0 Å². The molecule has 1 unspecified atom stereocenters. The third-order valence-electron chi connectivity index (χ3n) is 4.62. The van der Waals surface area contributed by atoms with Gasteiger partial charge in [0, 0.05) is 25.7 Å². The predicted octanol–water partition coefficient (Wildman–Crippen LogP) is 2.52. The van der Waals surface area contributed by atoms with Gasteiger partial charge in [-0.15, -0.1) is 24.0 Å². The number of benzene rings is 1. The first-order chi connectivity index (χ1) is 13.5. The van der Waals surface area contributed by atoms with Crippen molar-refractivity contribution in [3.8, 4) is 0 Å². The lowest BCUT2D eigenvalue weighted by Crippen LogP contribution is -2.51. The zero-order valence-corrected chi connectivity index (χ0v) is 20.0. The molecule has 12 heteroatoms. The van der Waals surface area contributed by atoms with Crippen molar-refractivity contribution in [2.75, 3.05) is 26.2 Å². The van der Waals surface area contributed by atoms with Gasteiger partial charge in [0.05, 0.1) is 12.6 Å². The summed E-state index contributed by atoms with van der Waals surface area (Å²) in [7, 11) is -5.29. The number of guanidine groups is 1. The molecule has 1 saturated heterocycles. The van der Waals surface area contributed by atoms with Gasteiger partial charge in [-0.2, -0.15) is 17.5 Å². The van der Waals surface area contributed by atoms with Gasteiger partial charge in [0.2, 0.25) is 0 Å². The molecule has 1 fully saturated rings. The lowest BCUT2D eigenvalue weighted by atomic mass is 10.1. The Morgan fingerprint density at radius 3 is 2.50 bits per heavy atom. The number of nitrogens with zero attached hydrogens (tertiary/aromatic N) is 2. The fraction of sp³-hybridized carbons (Fsp3) is 0.611. The fourth-order valence-corrected chi connectivity index (χ4v) is 4.05. The first kappa shape index (κ1) is 26.9. The molecule has 30 heavy (non-hydrogen) atoms. The van der Waals surface area contributed by atoms with Crippen LogP contribution in [0.4, 0.5) is 13.2 Å². The van der Waals surface area contributed by atoms with E-state index in [1.54, 1.807) is 0 Å². The summed E-state index contributed by atoms with van der Waals surface area (Å²) in [5.74, 6) is 0.427. The first-order valence-corrected chi connectivity index (χ1v) is 10.8. The minimum atomic E-state index is -5.29. The number of aliphatic hydroxyl groups excluding tert-OH is 1. The van der Waals surface area contributed by atoms with Crippen molar-refractivity contribution in [1.29, 1.82) is 0 Å². The molecule has 0 radical (unpaired) electrons. The van der Waals surface area contributed by atoms with E-state index >= 15 is 0 Å². The minimum absolute atomic E-state index is 0. The number of aliphatic hydroxyl groups is 1. The summed E-state index contributed by atoms with van der Waals surface area (Å²) in [6, 6.07) is 7.24. The van der Waals surface area contributed by atoms with Crippen LogP contribution < -0.4 is 10.6 Å². The van der Waals surface area contributed by atoms with E-state index in [9.17, 15) is 26.7 Å². The summed E-state index contributed by atoms with van der Waals surface area (Å²) < 4.78 is 61.5. The van der Waals surface area contributed by atoms with Gasteiger partial charge in [-0.25, -0.2) is 8.42 Å². The van der Waals surface area contributed by atoms with Gasteiger partial charge >= 0.3 is 15.5 Å². The van der Waals surface area contributed by atoms with E-state index in [0.717, 1.165) is 11.1 Å². The number of aliphatic imine (C=N–C) groups is 1. The third kappa shape index (κ3) is 7.24. The maximum atomic E-state index is 12.7. The average molecular weight is 564 g/mol. The number of rotatable bonds is 6. The van der Waals surface area contributed by atoms with Gasteiger partial charge in [-0.05, 0) is 32.3 Å². The molecule has 0 amide bonds. The number of nitrogens with one attached hydrogen (secondary N) is 2. The van der Waals surface area contributed by atoms with Crippen LogP contribution in [0.3, 0.4) is 0 Å². The Labute approximate surface area is 192 Å². The second kappa shape index (κ2) is 11.5. The van der Waals surface area contributed by atoms with Gasteiger partial charge in [0.1, 0.15) is 0 Å². The second-order valence-electron chi connectivity index (χ2n) is 6.92. The molecule has 1 aromatic carbocycles. The Bertz CT molecular complexity index is 813. The Kier molecular flexibility index (Phi) is 10.3. The second-order valence-corrected chi connectivity index (χ2v) is 8.85. The summed E-state index contributed by atoms with van der Waals surface area (Å²) in [4.78, 5) is 4.35. The Balaban J connectivity index is 0.00000450. The Morgan fingerprint density at radius 1 is 1.33 bits per heavy atom. The topological polar surface area (TPSA) is 94.0 Å². The van der Waals surface area contributed by atoms with Gasteiger partial charge < -0.3 is 15.7 Å². The predicted molar refractivity (Wildman–Crippen MR) is 120 cm³/mol. The van der Waals surface area contributed by atoms with Crippen LogP contribution in [0.1, 0.15) is 37.0 Å². The van der Waals surface area contributed by atoms with E-state index in [1.807, 2.05) is 38.1 Å². The summed E-state index contributed by atoms with van der Waals surface area (Å²) in [6.45, 7) is 4.03. The minimum Gasteiger partial charge on any atom is -0.386 e. The largest absolute Gasteiger partial charge is 0.511 e. The van der Waals surface area contributed by atoms with E-state index in [0.29, 0.717) is 16.8 Å². The molecular formula is C18H28F3IN4O3S. The molecule has 0 saturated carbocycles. The number of hydrogen-bond donors (Lipinski definition) is 3. The molecule has 0 aromatic heterocycles. The number of piperidine rings is 1. The molecular weight excluding hydrogens is 536 g/mol. The highest BCUT2D eigenvalue weighted by atomic mass is 127. The molecule has 172 valence electrons. The van der Waals surface area contributed by atoms with Crippen LogP contribution in [0.5, 0.6) is 0 Å². The molecule has 7 nitrogen and oxygen atoms in total. The van der Waals surface area contributed by atoms with Gasteiger partial charge in [0.15, 0.2) is 5.96 Å². The van der Waals surface area contributed by atoms with Crippen LogP contribution in [-0.4, -0.2) is 61.5 Å². The van der Waals surface area contributed by atoms with E-state index in [-0.39, 0.29) is 62.5 Å². The fourth-order valence-electron chi connectivity index (χ4n) is 3.06. The number of hydrogen-bond acceptors (Lipinski definition) is 4. The van der Waals surface area contributed by atoms with Crippen molar-refractivity contribution in [3.05, 3.63) is 35.4 Å². The molecule has 1 aromatic rings. The van der Waals surface area contributed by atoms with Crippen molar-refractivity contribution >= 4 is 40.0 Å². The number of sulfonamides is 1. The lowest BCUT2D eigenvalue weighted by Gasteiger charge is -2.32. The Morgan fingerprint density at radius 2 is 1.97 bits per heavy atom. The van der Waals surface area contributed by atoms with Crippen LogP contribution in [0, 0.1) is 6.92 Å². The van der Waals surface area contributed by atoms with Crippen LogP contribution in [0.15, 0.2) is 29.3 Å². The number of aryl methyl sites for hydroxylation is 1. The lowest BCUT2D eigenvalue weighted by molar-refractivity contribution is -0.0494. The highest BCUT2D eigenvalue weighted by Gasteiger charge is 2.50. The molecule has 3 N–H and O–H groups in total. The highest BCUT2D eigenvalue weighted by Crippen LogP contribution is 2.28. The van der Waals surface area contributed by atoms with Gasteiger partial charge in [-0.1, -0.05) is 29.8 Å². The number of alkyl halides is 3. The first-order valence-electron chi connectivity index (χ1n) is 9.40. The molecule has 1 aliphatic heterocycles. The quantitative estimate of drug-likeness (QED) is 0.281. The van der Waals surface area contributed by atoms with Crippen molar-refractivity contribution < 1.29 is 26.7 Å². The smallest absolute Gasteiger partial charge is 0.386 e. The summed E-state index contributed by atoms with van der Waals surface area (Å²) in [5.41, 5.74) is -3.51. The molecule has 0 aliphatic carbocycles. The zero-order valence-electron chi connectivity index (χ0n) is 16.8. The van der Waals surface area contributed by atoms with Gasteiger partial charge in [-0.3, -0.25) is 4.99 Å². The van der Waals surface area contributed by atoms with Crippen LogP contribution in [0.2, 0.25) is 0 Å². The maximum Gasteiger partial charge on any atom is 0.511 e. The Hall–Kier alpha value is -1.12. The normalized spacial score (nSPS) is 17.9. The van der Waals surface area contributed by atoms with Crippen LogP contribution in [-0.2, 0) is 10.0 Å². The van der Waals surface area contributed by atoms with Crippen molar-refractivity contribution in [1.82, 2.24) is 14.9 Å². The average Bonchev–Trinajstić information content (AvgIpc) is 2.65. The molecule has 1 heterocycles. The third-order valence-corrected chi connectivity index (χ3v) is 6.25. The maximum absolute atomic E-state index is 12.7. The summed E-state index contributed by atoms with van der Waals surface area (Å²) in [5, 5.41) is 16.5. The standard InChI is InChI=1S/C18H27F3N4O3S.HI/c1-3-22-17(23-12-16(26)14-6-4-5-13(2)11-14)24-15-7-9-25(10-8-15)29(27,28)18(19,20)21;/h4-6,11,15-16,26H,3,7-10,12H2,1-2H3,(H2,22,23,24);1H. The van der Waals surface area contributed by atoms with Crippen molar-refractivity contribution in [2.45, 2.75) is 44.3 Å². The van der Waals surface area contributed by atoms with Crippen molar-refractivity contribution in [2.24, 2.45) is 4.99 Å². The van der Waals surface area contributed by atoms with E-state index in [4.69, 9.17) is 0 Å². The highest BCUT2D eigenvalue weighted by molar-refractivity contribution is 14.0. The summed E-state index contributed by atoms with van der Waals surface area (Å²) in [6.07, 6.45) is -0.343. The zero-order chi connectivity index (χ0) is 21.7. The van der Waals surface area contributed by atoms with Crippen molar-refractivity contribution in [3.63, 3.8) is 0 Å². The monoisotopic (exact) mass is 564 g/mol. The van der Waals surface area contributed by atoms with Crippen LogP contribution in [0.25, 0.3) is 0 Å². The molecule has 1 atom stereocenters. The molecule has 0 bridgehead atoms.